The molecule has 0 aliphatic carbocycles. The van der Waals surface area contributed by atoms with Crippen LogP contribution < -0.4 is 5.32 Å². The van der Waals surface area contributed by atoms with Gasteiger partial charge in [-0.15, -0.1) is 0 Å². The predicted octanol–water partition coefficient (Wildman–Crippen LogP) is 2.21. The minimum Gasteiger partial charge on any atom is -0.303 e. The van der Waals surface area contributed by atoms with Crippen LogP contribution in [-0.4, -0.2) is 40.9 Å². The van der Waals surface area contributed by atoms with Gasteiger partial charge in [-0.2, -0.15) is 0 Å². The van der Waals surface area contributed by atoms with Gasteiger partial charge in [-0.25, -0.2) is 0 Å². The van der Waals surface area contributed by atoms with Crippen molar-refractivity contribution in [1.29, 1.82) is 0 Å². The molecule has 3 heteroatoms. The summed E-state index contributed by atoms with van der Waals surface area (Å²) in [6, 6.07) is 0.361. The fourth-order valence-corrected chi connectivity index (χ4v) is 2.71. The molecule has 1 heterocycles. The van der Waals surface area contributed by atoms with Gasteiger partial charge >= 0.3 is 0 Å². The third-order valence-electron chi connectivity index (χ3n) is 3.80. The van der Waals surface area contributed by atoms with Crippen LogP contribution in [-0.2, 0) is 4.79 Å². The van der Waals surface area contributed by atoms with Crippen molar-refractivity contribution in [3.63, 3.8) is 0 Å². The van der Waals surface area contributed by atoms with E-state index in [1.54, 1.807) is 6.92 Å². The molecular formula is C14H28N2O. The Kier molecular flexibility index (Phi) is 4.37. The lowest BCUT2D eigenvalue weighted by molar-refractivity contribution is -0.126. The summed E-state index contributed by atoms with van der Waals surface area (Å²) in [6.45, 7) is 14.7. The van der Waals surface area contributed by atoms with Gasteiger partial charge in [0.25, 0.3) is 0 Å². The molecular weight excluding hydrogens is 212 g/mol. The first kappa shape index (κ1) is 14.7. The molecule has 1 saturated heterocycles. The van der Waals surface area contributed by atoms with Gasteiger partial charge in [-0.1, -0.05) is 0 Å². The Bertz CT molecular complexity index is 270. The molecule has 0 spiro atoms. The Morgan fingerprint density at radius 3 is 2.00 bits per heavy atom. The van der Waals surface area contributed by atoms with Crippen LogP contribution in [0.4, 0.5) is 0 Å². The van der Waals surface area contributed by atoms with Gasteiger partial charge in [-0.05, 0) is 54.4 Å². The highest BCUT2D eigenvalue weighted by Crippen LogP contribution is 2.28. The number of Topliss-reactive ketones (excluding diaryl/α,β-unsaturated/α-hetero) is 1. The second-order valence-electron chi connectivity index (χ2n) is 6.60. The van der Waals surface area contributed by atoms with Gasteiger partial charge in [0.15, 0.2) is 0 Å². The second-order valence-corrected chi connectivity index (χ2v) is 6.60. The zero-order chi connectivity index (χ0) is 13.3. The Balaban J connectivity index is 2.71. The number of hydrogen-bond donors (Lipinski definition) is 1. The molecule has 3 nitrogen and oxygen atoms in total. The van der Waals surface area contributed by atoms with E-state index in [2.05, 4.69) is 44.8 Å². The molecule has 0 unspecified atom stereocenters. The second kappa shape index (κ2) is 5.07. The highest BCUT2D eigenvalue weighted by Gasteiger charge is 2.40. The number of nitrogens with one attached hydrogen (secondary N) is 1. The van der Waals surface area contributed by atoms with Crippen LogP contribution in [0, 0.1) is 0 Å². The molecule has 1 rings (SSSR count). The van der Waals surface area contributed by atoms with E-state index >= 15 is 0 Å². The SMILES string of the molecule is CC(=O)C1(NC(C)C)CCN(C(C)(C)C)CC1. The smallest absolute Gasteiger partial charge is 0.149 e. The maximum absolute atomic E-state index is 11.9. The molecule has 1 fully saturated rings. The maximum Gasteiger partial charge on any atom is 0.149 e. The summed E-state index contributed by atoms with van der Waals surface area (Å²) in [4.78, 5) is 14.4. The zero-order valence-electron chi connectivity index (χ0n) is 12.3. The van der Waals surface area contributed by atoms with Crippen LogP contribution >= 0.6 is 0 Å². The molecule has 0 saturated carbocycles. The fourth-order valence-electron chi connectivity index (χ4n) is 2.71. The van der Waals surface area contributed by atoms with Crippen LogP contribution in [0.25, 0.3) is 0 Å². The fraction of sp³-hybridized carbons (Fsp3) is 0.929. The van der Waals surface area contributed by atoms with Gasteiger partial charge in [0.2, 0.25) is 0 Å². The largest absolute Gasteiger partial charge is 0.303 e. The molecule has 0 bridgehead atoms. The van der Waals surface area contributed by atoms with E-state index in [1.165, 1.54) is 0 Å². The number of carbonyl (C=O) groups excluding carboxylic acids is 1. The van der Waals surface area contributed by atoms with Crippen molar-refractivity contribution in [2.45, 2.75) is 71.5 Å². The van der Waals surface area contributed by atoms with Crippen molar-refractivity contribution in [3.05, 3.63) is 0 Å². The van der Waals surface area contributed by atoms with Gasteiger partial charge < -0.3 is 5.32 Å². The summed E-state index contributed by atoms with van der Waals surface area (Å²) >= 11 is 0. The molecule has 0 amide bonds. The van der Waals surface area contributed by atoms with Gasteiger partial charge in [0.1, 0.15) is 5.78 Å². The number of rotatable bonds is 3. The summed E-state index contributed by atoms with van der Waals surface area (Å²) in [5.41, 5.74) is -0.0727. The van der Waals surface area contributed by atoms with Crippen LogP contribution in [0.2, 0.25) is 0 Å². The lowest BCUT2D eigenvalue weighted by Gasteiger charge is -2.46. The van der Waals surface area contributed by atoms with E-state index in [-0.39, 0.29) is 11.1 Å². The number of nitrogens with zero attached hydrogens (tertiary/aromatic N) is 1. The normalized spacial score (nSPS) is 21.8. The first-order valence-corrected chi connectivity index (χ1v) is 6.71. The maximum atomic E-state index is 11.9. The lowest BCUT2D eigenvalue weighted by atomic mass is 9.82. The average Bonchev–Trinajstić information content (AvgIpc) is 2.15. The van der Waals surface area contributed by atoms with E-state index < -0.39 is 0 Å². The van der Waals surface area contributed by atoms with Crippen LogP contribution in [0.15, 0.2) is 0 Å². The minimum atomic E-state index is -0.282. The van der Waals surface area contributed by atoms with Gasteiger partial charge in [0, 0.05) is 24.7 Å². The average molecular weight is 240 g/mol. The summed E-state index contributed by atoms with van der Waals surface area (Å²) < 4.78 is 0. The first-order valence-electron chi connectivity index (χ1n) is 6.71. The summed E-state index contributed by atoms with van der Waals surface area (Å²) in [7, 11) is 0. The molecule has 17 heavy (non-hydrogen) atoms. The molecule has 0 radical (unpaired) electrons. The molecule has 0 aromatic carbocycles. The van der Waals surface area contributed by atoms with Gasteiger partial charge in [-0.3, -0.25) is 9.69 Å². The van der Waals surface area contributed by atoms with Crippen molar-refractivity contribution in [1.82, 2.24) is 10.2 Å². The molecule has 100 valence electrons. The van der Waals surface area contributed by atoms with Crippen molar-refractivity contribution in [3.8, 4) is 0 Å². The first-order chi connectivity index (χ1) is 7.67. The Morgan fingerprint density at radius 2 is 1.71 bits per heavy atom. The van der Waals surface area contributed by atoms with Crippen molar-refractivity contribution in [2.75, 3.05) is 13.1 Å². The monoisotopic (exact) mass is 240 g/mol. The highest BCUT2D eigenvalue weighted by atomic mass is 16.1. The van der Waals surface area contributed by atoms with Crippen molar-refractivity contribution >= 4 is 5.78 Å². The van der Waals surface area contributed by atoms with E-state index in [0.29, 0.717) is 11.8 Å². The highest BCUT2D eigenvalue weighted by molar-refractivity contribution is 5.86. The molecule has 1 aliphatic heterocycles. The number of carbonyl (C=O) groups is 1. The third-order valence-corrected chi connectivity index (χ3v) is 3.80. The van der Waals surface area contributed by atoms with E-state index in [9.17, 15) is 4.79 Å². The van der Waals surface area contributed by atoms with E-state index in [0.717, 1.165) is 25.9 Å². The molecule has 0 aromatic rings. The Morgan fingerprint density at radius 1 is 1.24 bits per heavy atom. The minimum absolute atomic E-state index is 0.209. The van der Waals surface area contributed by atoms with Crippen LogP contribution in [0.5, 0.6) is 0 Å². The van der Waals surface area contributed by atoms with Crippen molar-refractivity contribution < 1.29 is 4.79 Å². The van der Waals surface area contributed by atoms with Crippen molar-refractivity contribution in [2.24, 2.45) is 0 Å². The standard InChI is InChI=1S/C14H28N2O/c1-11(2)15-14(12(3)17)7-9-16(10-8-14)13(4,5)6/h11,15H,7-10H2,1-6H3. The number of ketones is 1. The van der Waals surface area contributed by atoms with Crippen LogP contribution in [0.1, 0.15) is 54.4 Å². The number of likely N-dealkylation sites (tertiary alicyclic amines) is 1. The predicted molar refractivity (Wildman–Crippen MR) is 72.2 cm³/mol. The number of hydrogen-bond acceptors (Lipinski definition) is 3. The molecule has 1 aliphatic rings. The number of piperidine rings is 1. The lowest BCUT2D eigenvalue weighted by Crippen LogP contribution is -2.61. The molecule has 0 atom stereocenters. The van der Waals surface area contributed by atoms with Crippen LogP contribution in [0.3, 0.4) is 0 Å². The topological polar surface area (TPSA) is 32.3 Å². The van der Waals surface area contributed by atoms with E-state index in [4.69, 9.17) is 0 Å². The Hall–Kier alpha value is -0.410. The molecule has 1 N–H and O–H groups in total. The Labute approximate surface area is 106 Å². The third kappa shape index (κ3) is 3.52. The summed E-state index contributed by atoms with van der Waals surface area (Å²) in [6.07, 6.45) is 1.86. The zero-order valence-corrected chi connectivity index (χ0v) is 12.3. The quantitative estimate of drug-likeness (QED) is 0.821. The molecule has 0 aromatic heterocycles. The van der Waals surface area contributed by atoms with Gasteiger partial charge in [0.05, 0.1) is 5.54 Å². The summed E-state index contributed by atoms with van der Waals surface area (Å²) in [5, 5.41) is 3.49. The summed E-state index contributed by atoms with van der Waals surface area (Å²) in [5.74, 6) is 0.291. The van der Waals surface area contributed by atoms with E-state index in [1.807, 2.05) is 0 Å².